The lowest BCUT2D eigenvalue weighted by molar-refractivity contribution is -0.127. The van der Waals surface area contributed by atoms with Crippen LogP contribution < -0.4 is 28.4 Å². The minimum atomic E-state index is -4.11. The van der Waals surface area contributed by atoms with Gasteiger partial charge in [-0.1, -0.05) is 139 Å². The molecule has 2 N–H and O–H groups in total. The number of unbranched alkanes of at least 4 members (excludes halogenated alkanes) is 10. The predicted molar refractivity (Wildman–Crippen MR) is 237 cm³/mol. The topological polar surface area (TPSA) is 163 Å². The molecule has 0 radical (unpaired) electrons. The van der Waals surface area contributed by atoms with Gasteiger partial charge in [-0.05, 0) is 74.2 Å². The molecule has 332 valence electrons. The maximum Gasteiger partial charge on any atom is 0.274 e. The Kier molecular flexibility index (Phi) is 20.9. The largest absolute Gasteiger partial charge is 0.490 e. The summed E-state index contributed by atoms with van der Waals surface area (Å²) in [4.78, 5) is 26.9. The number of ether oxygens (including phenoxy) is 4. The first-order valence-electron chi connectivity index (χ1n) is 21.5. The fraction of sp³-hybridized carbons (Fsp3) is 0.447. The Morgan fingerprint density at radius 3 is 1.15 bits per heavy atom. The Hall–Kier alpha value is -5.08. The van der Waals surface area contributed by atoms with Crippen LogP contribution in [-0.4, -0.2) is 54.1 Å². The van der Waals surface area contributed by atoms with E-state index in [2.05, 4.69) is 23.3 Å². The number of hydrogen-bond acceptors (Lipinski definition) is 10. The van der Waals surface area contributed by atoms with Crippen molar-refractivity contribution in [2.45, 2.75) is 132 Å². The van der Waals surface area contributed by atoms with Crippen LogP contribution in [0.3, 0.4) is 0 Å². The summed E-state index contributed by atoms with van der Waals surface area (Å²) in [5.41, 5.74) is 0. The maximum absolute atomic E-state index is 13.5. The first kappa shape index (κ1) is 48.6. The van der Waals surface area contributed by atoms with E-state index in [1.807, 2.05) is 0 Å². The lowest BCUT2D eigenvalue weighted by Gasteiger charge is -2.21. The molecule has 0 fully saturated rings. The van der Waals surface area contributed by atoms with Gasteiger partial charge < -0.3 is 18.9 Å². The van der Waals surface area contributed by atoms with Gasteiger partial charge in [-0.25, -0.2) is 26.3 Å². The molecule has 0 aliphatic rings. The fourth-order valence-corrected chi connectivity index (χ4v) is 8.54. The fourth-order valence-electron chi connectivity index (χ4n) is 6.48. The van der Waals surface area contributed by atoms with E-state index in [1.54, 1.807) is 84.9 Å². The first-order chi connectivity index (χ1) is 29.5. The van der Waals surface area contributed by atoms with Gasteiger partial charge in [0.05, 0.1) is 23.0 Å². The SMILES string of the molecule is CCCCCCCCC(Oc1ccccc1OCCCOc1ccccc1OC(CCCCCCCC)C(=O)NS(=O)(=O)c1ccccc1)C(=O)NS(=O)(=O)c1ccccc1. The Morgan fingerprint density at radius 1 is 0.443 bits per heavy atom. The van der Waals surface area contributed by atoms with Crippen LogP contribution in [0.15, 0.2) is 119 Å². The van der Waals surface area contributed by atoms with Crippen molar-refractivity contribution in [1.29, 1.82) is 0 Å². The molecule has 14 heteroatoms. The second-order valence-electron chi connectivity index (χ2n) is 14.8. The molecule has 0 spiro atoms. The van der Waals surface area contributed by atoms with Crippen molar-refractivity contribution in [3.8, 4) is 23.0 Å². The molecule has 0 bridgehead atoms. The molecule has 4 rings (SSSR count). The van der Waals surface area contributed by atoms with Crippen molar-refractivity contribution in [3.63, 3.8) is 0 Å². The molecule has 2 amide bonds. The van der Waals surface area contributed by atoms with Crippen LogP contribution in [0.25, 0.3) is 0 Å². The van der Waals surface area contributed by atoms with Gasteiger partial charge in [0.15, 0.2) is 35.2 Å². The summed E-state index contributed by atoms with van der Waals surface area (Å²) in [5.74, 6) is -0.153. The molecule has 4 aromatic rings. The Balaban J connectivity index is 1.37. The van der Waals surface area contributed by atoms with Gasteiger partial charge >= 0.3 is 0 Å². The number of benzene rings is 4. The number of carbonyl (C=O) groups is 2. The molecule has 0 aliphatic carbocycles. The quantitative estimate of drug-likeness (QED) is 0.0483. The van der Waals surface area contributed by atoms with Crippen LogP contribution >= 0.6 is 0 Å². The molecule has 2 unspecified atom stereocenters. The third-order valence-corrected chi connectivity index (χ3v) is 12.6. The van der Waals surface area contributed by atoms with Crippen LogP contribution in [0, 0.1) is 0 Å². The van der Waals surface area contributed by atoms with Crippen LogP contribution in [0.1, 0.15) is 110 Å². The van der Waals surface area contributed by atoms with Crippen molar-refractivity contribution < 1.29 is 45.4 Å². The Bertz CT molecular complexity index is 1970. The number of para-hydroxylation sites is 4. The third-order valence-electron chi connectivity index (χ3n) is 9.84. The van der Waals surface area contributed by atoms with Crippen LogP contribution in [-0.2, 0) is 29.6 Å². The van der Waals surface area contributed by atoms with Gasteiger partial charge in [0.25, 0.3) is 31.9 Å². The highest BCUT2D eigenvalue weighted by Crippen LogP contribution is 2.31. The average molecular weight is 879 g/mol. The van der Waals surface area contributed by atoms with E-state index in [-0.39, 0.29) is 23.0 Å². The van der Waals surface area contributed by atoms with Crippen LogP contribution in [0.5, 0.6) is 23.0 Å². The molecule has 2 atom stereocenters. The molecule has 0 aromatic heterocycles. The average Bonchev–Trinajstić information content (AvgIpc) is 3.26. The molecular formula is C47H62N2O10S2. The zero-order valence-electron chi connectivity index (χ0n) is 35.5. The summed E-state index contributed by atoms with van der Waals surface area (Å²) in [6, 6.07) is 29.3. The van der Waals surface area contributed by atoms with E-state index in [0.717, 1.165) is 64.2 Å². The van der Waals surface area contributed by atoms with Crippen molar-refractivity contribution in [1.82, 2.24) is 9.44 Å². The summed E-state index contributed by atoms with van der Waals surface area (Å²) < 4.78 is 81.1. The standard InChI is InChI=1S/C47H62N2O10S2/c1-3-5-7-9-11-19-34-44(46(50)48-60(52,53)38-26-15-13-16-27-38)58-42-32-23-21-30-40(42)56-36-25-37-57-41-31-22-24-33-43(41)59-45(35-20-12-10-8-6-4-2)47(51)49-61(54,55)39-28-17-14-18-29-39/h13-18,21-24,26-33,44-45H,3-12,19-20,25,34-37H2,1-2H3,(H,48,50)(H,49,51). The second-order valence-corrected chi connectivity index (χ2v) is 18.2. The lowest BCUT2D eigenvalue weighted by atomic mass is 10.1. The summed E-state index contributed by atoms with van der Waals surface area (Å²) in [6.45, 7) is 4.71. The molecule has 12 nitrogen and oxygen atoms in total. The molecule has 0 saturated heterocycles. The maximum atomic E-state index is 13.5. The number of nitrogens with one attached hydrogen (secondary N) is 2. The van der Waals surface area contributed by atoms with E-state index in [1.165, 1.54) is 24.3 Å². The molecular weight excluding hydrogens is 817 g/mol. The van der Waals surface area contributed by atoms with Crippen molar-refractivity contribution in [3.05, 3.63) is 109 Å². The smallest absolute Gasteiger partial charge is 0.274 e. The third kappa shape index (κ3) is 17.1. The second kappa shape index (κ2) is 26.3. The van der Waals surface area contributed by atoms with E-state index in [9.17, 15) is 26.4 Å². The van der Waals surface area contributed by atoms with E-state index >= 15 is 0 Å². The van der Waals surface area contributed by atoms with Gasteiger partial charge in [0.2, 0.25) is 0 Å². The van der Waals surface area contributed by atoms with Gasteiger partial charge in [0, 0.05) is 6.42 Å². The summed E-state index contributed by atoms with van der Waals surface area (Å²) in [5, 5.41) is 0. The molecule has 4 aromatic carbocycles. The molecule has 61 heavy (non-hydrogen) atoms. The van der Waals surface area contributed by atoms with E-state index < -0.39 is 44.1 Å². The minimum Gasteiger partial charge on any atom is -0.490 e. The zero-order valence-corrected chi connectivity index (χ0v) is 37.1. The van der Waals surface area contributed by atoms with Gasteiger partial charge in [-0.2, -0.15) is 0 Å². The Labute approximate surface area is 362 Å². The number of hydrogen-bond donors (Lipinski definition) is 2. The number of rotatable bonds is 30. The van der Waals surface area contributed by atoms with Gasteiger partial charge in [-0.3, -0.25) is 9.59 Å². The molecule has 0 saturated carbocycles. The van der Waals surface area contributed by atoms with E-state index in [0.29, 0.717) is 55.1 Å². The summed E-state index contributed by atoms with van der Waals surface area (Å²) in [6.07, 6.45) is 10.7. The van der Waals surface area contributed by atoms with Crippen LogP contribution in [0.4, 0.5) is 0 Å². The highest BCUT2D eigenvalue weighted by atomic mass is 32.2. The number of amides is 2. The van der Waals surface area contributed by atoms with Crippen molar-refractivity contribution in [2.75, 3.05) is 13.2 Å². The lowest BCUT2D eigenvalue weighted by Crippen LogP contribution is -2.41. The molecule has 0 heterocycles. The Morgan fingerprint density at radius 2 is 0.770 bits per heavy atom. The van der Waals surface area contributed by atoms with Gasteiger partial charge in [0.1, 0.15) is 0 Å². The molecule has 0 aliphatic heterocycles. The highest BCUT2D eigenvalue weighted by Gasteiger charge is 2.28. The van der Waals surface area contributed by atoms with Crippen molar-refractivity contribution in [2.24, 2.45) is 0 Å². The zero-order chi connectivity index (χ0) is 43.8. The van der Waals surface area contributed by atoms with E-state index in [4.69, 9.17) is 18.9 Å². The highest BCUT2D eigenvalue weighted by molar-refractivity contribution is 7.90. The normalized spacial score (nSPS) is 12.5. The van der Waals surface area contributed by atoms with Crippen LogP contribution in [0.2, 0.25) is 0 Å². The monoisotopic (exact) mass is 878 g/mol. The minimum absolute atomic E-state index is 0.0189. The number of carbonyl (C=O) groups excluding carboxylic acids is 2. The number of sulfonamides is 2. The summed E-state index contributed by atoms with van der Waals surface area (Å²) in [7, 11) is -8.22. The first-order valence-corrected chi connectivity index (χ1v) is 24.5. The summed E-state index contributed by atoms with van der Waals surface area (Å²) >= 11 is 0. The van der Waals surface area contributed by atoms with Gasteiger partial charge in [-0.15, -0.1) is 0 Å². The predicted octanol–water partition coefficient (Wildman–Crippen LogP) is 9.54. The van der Waals surface area contributed by atoms with Crippen molar-refractivity contribution >= 4 is 31.9 Å².